The molecule has 0 bridgehead atoms. The maximum Gasteiger partial charge on any atom is 0.115 e. The van der Waals surface area contributed by atoms with Crippen LogP contribution in [-0.2, 0) is 5.54 Å². The molecule has 0 fully saturated rings. The quantitative estimate of drug-likeness (QED) is 0.808. The van der Waals surface area contributed by atoms with Gasteiger partial charge < -0.3 is 15.5 Å². The number of rotatable bonds is 4. The van der Waals surface area contributed by atoms with Crippen LogP contribution in [-0.4, -0.2) is 16.8 Å². The number of nitrogens with one attached hydrogen (secondary N) is 1. The number of aliphatic hydroxyl groups is 1. The summed E-state index contributed by atoms with van der Waals surface area (Å²) in [5.74, 6) is 0.186. The van der Waals surface area contributed by atoms with Crippen molar-refractivity contribution in [2.45, 2.75) is 12.5 Å². The lowest BCUT2D eigenvalue weighted by Crippen LogP contribution is -2.35. The minimum atomic E-state index is -0.664. The Morgan fingerprint density at radius 1 is 1.16 bits per heavy atom. The van der Waals surface area contributed by atoms with E-state index in [1.54, 1.807) is 18.2 Å². The van der Waals surface area contributed by atoms with Crippen molar-refractivity contribution in [2.75, 3.05) is 11.9 Å². The summed E-state index contributed by atoms with van der Waals surface area (Å²) < 4.78 is 0.926. The molecule has 100 valence electrons. The van der Waals surface area contributed by atoms with E-state index in [0.717, 1.165) is 15.7 Å². The van der Waals surface area contributed by atoms with Crippen molar-refractivity contribution in [3.8, 4) is 5.75 Å². The first-order valence-electron chi connectivity index (χ1n) is 5.98. The maximum atomic E-state index is 9.72. The van der Waals surface area contributed by atoms with E-state index < -0.39 is 5.54 Å². The summed E-state index contributed by atoms with van der Waals surface area (Å²) in [5.41, 5.74) is 1.05. The molecule has 2 rings (SSSR count). The first kappa shape index (κ1) is 13.9. The molecule has 4 heteroatoms. The van der Waals surface area contributed by atoms with Crippen LogP contribution in [0.15, 0.2) is 53.0 Å². The molecule has 2 aromatic carbocycles. The van der Waals surface area contributed by atoms with Crippen LogP contribution in [0.5, 0.6) is 5.75 Å². The van der Waals surface area contributed by atoms with Crippen molar-refractivity contribution >= 4 is 21.6 Å². The van der Waals surface area contributed by atoms with Gasteiger partial charge in [-0.15, -0.1) is 0 Å². The zero-order valence-corrected chi connectivity index (χ0v) is 12.2. The van der Waals surface area contributed by atoms with Gasteiger partial charge in [0.05, 0.1) is 12.1 Å². The predicted molar refractivity (Wildman–Crippen MR) is 80.3 cm³/mol. The zero-order chi connectivity index (χ0) is 13.9. The fourth-order valence-corrected chi connectivity index (χ4v) is 2.30. The van der Waals surface area contributed by atoms with Gasteiger partial charge in [0.25, 0.3) is 0 Å². The average Bonchev–Trinajstić information content (AvgIpc) is 2.41. The smallest absolute Gasteiger partial charge is 0.115 e. The van der Waals surface area contributed by atoms with Crippen LogP contribution in [0.4, 0.5) is 5.69 Å². The average molecular weight is 322 g/mol. The Hall–Kier alpha value is -1.52. The number of aromatic hydroxyl groups is 1. The summed E-state index contributed by atoms with van der Waals surface area (Å²) in [7, 11) is 0. The van der Waals surface area contributed by atoms with E-state index in [0.29, 0.717) is 0 Å². The van der Waals surface area contributed by atoms with Gasteiger partial charge in [-0.25, -0.2) is 0 Å². The van der Waals surface area contributed by atoms with Crippen LogP contribution in [0.2, 0.25) is 0 Å². The molecule has 0 aliphatic rings. The van der Waals surface area contributed by atoms with E-state index in [9.17, 15) is 10.2 Å². The third-order valence-corrected chi connectivity index (χ3v) is 3.78. The van der Waals surface area contributed by atoms with Crippen molar-refractivity contribution < 1.29 is 10.2 Å². The maximum absolute atomic E-state index is 9.72. The van der Waals surface area contributed by atoms with Crippen LogP contribution in [0, 0.1) is 0 Å². The molecule has 3 N–H and O–H groups in total. The number of hydrogen-bond donors (Lipinski definition) is 3. The van der Waals surface area contributed by atoms with Crippen LogP contribution in [0.3, 0.4) is 0 Å². The van der Waals surface area contributed by atoms with Gasteiger partial charge in [0, 0.05) is 10.2 Å². The number of aliphatic hydroxyl groups excluding tert-OH is 1. The number of benzene rings is 2. The van der Waals surface area contributed by atoms with Crippen molar-refractivity contribution in [1.29, 1.82) is 0 Å². The SMILES string of the molecule is CC(CO)(Nc1ccccc1Br)c1cccc(O)c1. The highest BCUT2D eigenvalue weighted by molar-refractivity contribution is 9.10. The molecule has 3 nitrogen and oxygen atoms in total. The van der Waals surface area contributed by atoms with Crippen molar-refractivity contribution in [3.05, 3.63) is 58.6 Å². The van der Waals surface area contributed by atoms with Gasteiger partial charge in [0.15, 0.2) is 0 Å². The Morgan fingerprint density at radius 3 is 2.53 bits per heavy atom. The molecule has 0 amide bonds. The summed E-state index contributed by atoms with van der Waals surface area (Å²) >= 11 is 3.47. The lowest BCUT2D eigenvalue weighted by Gasteiger charge is -2.31. The van der Waals surface area contributed by atoms with E-state index in [1.165, 1.54) is 0 Å². The van der Waals surface area contributed by atoms with Crippen LogP contribution >= 0.6 is 15.9 Å². The molecule has 2 aromatic rings. The van der Waals surface area contributed by atoms with Gasteiger partial charge in [-0.05, 0) is 52.7 Å². The molecule has 0 radical (unpaired) electrons. The largest absolute Gasteiger partial charge is 0.508 e. The lowest BCUT2D eigenvalue weighted by molar-refractivity contribution is 0.223. The van der Waals surface area contributed by atoms with E-state index in [1.807, 2.05) is 37.3 Å². The molecule has 0 saturated carbocycles. The highest BCUT2D eigenvalue weighted by atomic mass is 79.9. The third-order valence-electron chi connectivity index (χ3n) is 3.08. The molecule has 0 aromatic heterocycles. The Kier molecular flexibility index (Phi) is 4.12. The lowest BCUT2D eigenvalue weighted by atomic mass is 9.92. The summed E-state index contributed by atoms with van der Waals surface area (Å²) in [4.78, 5) is 0. The normalized spacial score (nSPS) is 13.8. The molecule has 0 spiro atoms. The fourth-order valence-electron chi connectivity index (χ4n) is 1.91. The number of halogens is 1. The third kappa shape index (κ3) is 3.08. The summed E-state index contributed by atoms with van der Waals surface area (Å²) in [5, 5.41) is 22.6. The van der Waals surface area contributed by atoms with Gasteiger partial charge >= 0.3 is 0 Å². The van der Waals surface area contributed by atoms with Gasteiger partial charge in [-0.3, -0.25) is 0 Å². The molecule has 0 heterocycles. The van der Waals surface area contributed by atoms with Gasteiger partial charge in [0.1, 0.15) is 5.75 Å². The molecular formula is C15H16BrNO2. The molecule has 0 aliphatic heterocycles. The van der Waals surface area contributed by atoms with Crippen LogP contribution in [0.25, 0.3) is 0 Å². The highest BCUT2D eigenvalue weighted by Crippen LogP contribution is 2.31. The predicted octanol–water partition coefficient (Wildman–Crippen LogP) is 3.47. The molecule has 1 unspecified atom stereocenters. The fraction of sp³-hybridized carbons (Fsp3) is 0.200. The Morgan fingerprint density at radius 2 is 1.89 bits per heavy atom. The van der Waals surface area contributed by atoms with Crippen molar-refractivity contribution in [3.63, 3.8) is 0 Å². The second-order valence-electron chi connectivity index (χ2n) is 4.65. The van der Waals surface area contributed by atoms with E-state index in [-0.39, 0.29) is 12.4 Å². The summed E-state index contributed by atoms with van der Waals surface area (Å²) in [6.07, 6.45) is 0. The minimum Gasteiger partial charge on any atom is -0.508 e. The van der Waals surface area contributed by atoms with E-state index in [2.05, 4.69) is 21.2 Å². The molecule has 0 saturated heterocycles. The highest BCUT2D eigenvalue weighted by Gasteiger charge is 2.26. The van der Waals surface area contributed by atoms with E-state index in [4.69, 9.17) is 0 Å². The molecular weight excluding hydrogens is 306 g/mol. The Labute approximate surface area is 121 Å². The number of para-hydroxylation sites is 1. The van der Waals surface area contributed by atoms with E-state index >= 15 is 0 Å². The molecule has 19 heavy (non-hydrogen) atoms. The molecule has 1 atom stereocenters. The van der Waals surface area contributed by atoms with Gasteiger partial charge in [0.2, 0.25) is 0 Å². The number of hydrogen-bond acceptors (Lipinski definition) is 3. The zero-order valence-electron chi connectivity index (χ0n) is 10.6. The summed E-state index contributed by atoms with van der Waals surface area (Å²) in [6, 6.07) is 14.6. The first-order valence-corrected chi connectivity index (χ1v) is 6.77. The second kappa shape index (κ2) is 5.63. The number of phenolic OH excluding ortho intramolecular Hbond substituents is 1. The van der Waals surface area contributed by atoms with Gasteiger partial charge in [-0.1, -0.05) is 24.3 Å². The van der Waals surface area contributed by atoms with Crippen LogP contribution < -0.4 is 5.32 Å². The standard InChI is InChI=1S/C15H16BrNO2/c1-15(10-18,11-5-4-6-12(19)9-11)17-14-8-3-2-7-13(14)16/h2-9,17-19H,10H2,1H3. The number of phenols is 1. The Bertz CT molecular complexity index is 574. The molecule has 0 aliphatic carbocycles. The first-order chi connectivity index (χ1) is 9.05. The summed E-state index contributed by atoms with van der Waals surface area (Å²) in [6.45, 7) is 1.80. The minimum absolute atomic E-state index is 0.0855. The van der Waals surface area contributed by atoms with Crippen molar-refractivity contribution in [1.82, 2.24) is 0 Å². The van der Waals surface area contributed by atoms with Crippen molar-refractivity contribution in [2.24, 2.45) is 0 Å². The number of anilines is 1. The second-order valence-corrected chi connectivity index (χ2v) is 5.50. The Balaban J connectivity index is 2.36. The van der Waals surface area contributed by atoms with Crippen LogP contribution in [0.1, 0.15) is 12.5 Å². The monoisotopic (exact) mass is 321 g/mol. The van der Waals surface area contributed by atoms with Gasteiger partial charge in [-0.2, -0.15) is 0 Å². The topological polar surface area (TPSA) is 52.5 Å².